The molecule has 0 aliphatic carbocycles. The lowest BCUT2D eigenvalue weighted by molar-refractivity contribution is 0.479. The van der Waals surface area contributed by atoms with E-state index in [9.17, 15) is 8.42 Å². The van der Waals surface area contributed by atoms with Crippen molar-refractivity contribution in [2.75, 3.05) is 12.3 Å². The zero-order valence-corrected chi connectivity index (χ0v) is 13.1. The first kappa shape index (κ1) is 16.3. The Morgan fingerprint density at radius 1 is 1.32 bits per heavy atom. The molecule has 0 unspecified atom stereocenters. The molecule has 6 heteroatoms. The molecule has 0 aliphatic rings. The molecule has 0 fully saturated rings. The first-order valence-corrected chi connectivity index (χ1v) is 8.23. The molecule has 3 N–H and O–H groups in total. The van der Waals surface area contributed by atoms with E-state index in [0.717, 1.165) is 12.8 Å². The van der Waals surface area contributed by atoms with Gasteiger partial charge in [0, 0.05) is 17.3 Å². The van der Waals surface area contributed by atoms with E-state index in [4.69, 9.17) is 17.3 Å². The second-order valence-electron chi connectivity index (χ2n) is 4.65. The molecule has 4 nitrogen and oxygen atoms in total. The number of rotatable bonds is 6. The average molecular weight is 305 g/mol. The second-order valence-corrected chi connectivity index (χ2v) is 6.83. The van der Waals surface area contributed by atoms with Gasteiger partial charge >= 0.3 is 0 Å². The number of nitrogen functional groups attached to an aromatic ring is 1. The zero-order valence-electron chi connectivity index (χ0n) is 11.5. The molecule has 0 heterocycles. The van der Waals surface area contributed by atoms with Crippen molar-refractivity contribution in [1.29, 1.82) is 0 Å². The van der Waals surface area contributed by atoms with Gasteiger partial charge < -0.3 is 5.73 Å². The summed E-state index contributed by atoms with van der Waals surface area (Å²) in [6.45, 7) is 6.28. The van der Waals surface area contributed by atoms with Crippen molar-refractivity contribution in [3.63, 3.8) is 0 Å². The molecule has 0 aliphatic heterocycles. The van der Waals surface area contributed by atoms with Crippen LogP contribution in [0.5, 0.6) is 0 Å². The molecule has 1 aromatic rings. The molecule has 0 spiro atoms. The molecule has 19 heavy (non-hydrogen) atoms. The van der Waals surface area contributed by atoms with Gasteiger partial charge in [0.05, 0.1) is 4.90 Å². The zero-order chi connectivity index (χ0) is 14.6. The Labute approximate surface area is 120 Å². The maximum Gasteiger partial charge on any atom is 0.240 e. The van der Waals surface area contributed by atoms with Crippen LogP contribution in [-0.2, 0) is 10.0 Å². The fourth-order valence-corrected chi connectivity index (χ4v) is 3.19. The van der Waals surface area contributed by atoms with Crippen LogP contribution in [0.25, 0.3) is 0 Å². The van der Waals surface area contributed by atoms with Gasteiger partial charge in [0.2, 0.25) is 10.0 Å². The minimum Gasteiger partial charge on any atom is -0.398 e. The predicted molar refractivity (Wildman–Crippen MR) is 79.9 cm³/mol. The topological polar surface area (TPSA) is 72.2 Å². The summed E-state index contributed by atoms with van der Waals surface area (Å²) in [5.41, 5.74) is 6.83. The highest BCUT2D eigenvalue weighted by atomic mass is 35.5. The smallest absolute Gasteiger partial charge is 0.240 e. The van der Waals surface area contributed by atoms with Crippen LogP contribution >= 0.6 is 11.6 Å². The number of halogens is 1. The monoisotopic (exact) mass is 304 g/mol. The van der Waals surface area contributed by atoms with Gasteiger partial charge in [-0.3, -0.25) is 0 Å². The lowest BCUT2D eigenvalue weighted by Crippen LogP contribution is -2.29. The maximum absolute atomic E-state index is 12.2. The van der Waals surface area contributed by atoms with Gasteiger partial charge in [-0.25, -0.2) is 13.1 Å². The number of anilines is 1. The maximum atomic E-state index is 12.2. The van der Waals surface area contributed by atoms with Crippen LogP contribution in [0.3, 0.4) is 0 Å². The van der Waals surface area contributed by atoms with Gasteiger partial charge in [-0.1, -0.05) is 38.3 Å². The lowest BCUT2D eigenvalue weighted by atomic mass is 10.0. The standard InChI is InChI=1S/C13H21ClN2O2S/c1-4-10(5-2)8-16-19(17,18)11-6-12(14)9(3)13(15)7-11/h6-7,10,16H,4-5,8,15H2,1-3H3. The molecule has 0 aromatic heterocycles. The van der Waals surface area contributed by atoms with Gasteiger partial charge in [-0.15, -0.1) is 0 Å². The molecule has 1 aromatic carbocycles. The van der Waals surface area contributed by atoms with Crippen molar-refractivity contribution in [2.24, 2.45) is 5.92 Å². The number of hydrogen-bond acceptors (Lipinski definition) is 3. The SMILES string of the molecule is CCC(CC)CNS(=O)(=O)c1cc(N)c(C)c(Cl)c1. The molecule has 0 saturated carbocycles. The molecule has 0 saturated heterocycles. The molecule has 0 amide bonds. The second kappa shape index (κ2) is 6.59. The van der Waals surface area contributed by atoms with E-state index in [2.05, 4.69) is 4.72 Å². The molecule has 1 rings (SSSR count). The number of nitrogens with one attached hydrogen (secondary N) is 1. The normalized spacial score (nSPS) is 12.1. The van der Waals surface area contributed by atoms with Gasteiger partial charge in [-0.2, -0.15) is 0 Å². The van der Waals surface area contributed by atoms with Crippen molar-refractivity contribution >= 4 is 27.3 Å². The summed E-state index contributed by atoms with van der Waals surface area (Å²) in [7, 11) is -3.55. The van der Waals surface area contributed by atoms with Crippen molar-refractivity contribution < 1.29 is 8.42 Å². The fourth-order valence-electron chi connectivity index (χ4n) is 1.72. The average Bonchev–Trinajstić information content (AvgIpc) is 2.36. The summed E-state index contributed by atoms with van der Waals surface area (Å²) < 4.78 is 26.9. The van der Waals surface area contributed by atoms with E-state index in [1.54, 1.807) is 6.92 Å². The van der Waals surface area contributed by atoms with Crippen LogP contribution in [-0.4, -0.2) is 15.0 Å². The molecule has 0 atom stereocenters. The highest BCUT2D eigenvalue weighted by Crippen LogP contribution is 2.25. The molecular formula is C13H21ClN2O2S. The third-order valence-corrected chi connectivity index (χ3v) is 5.18. The van der Waals surface area contributed by atoms with Crippen molar-refractivity contribution in [3.05, 3.63) is 22.7 Å². The van der Waals surface area contributed by atoms with Crippen LogP contribution < -0.4 is 10.5 Å². The Balaban J connectivity index is 2.95. The fraction of sp³-hybridized carbons (Fsp3) is 0.538. The van der Waals surface area contributed by atoms with Gasteiger partial charge in [0.1, 0.15) is 0 Å². The minimum atomic E-state index is -3.55. The summed E-state index contributed by atoms with van der Waals surface area (Å²) >= 11 is 5.97. The van der Waals surface area contributed by atoms with E-state index in [0.29, 0.717) is 28.7 Å². The number of nitrogens with two attached hydrogens (primary N) is 1. The molecule has 108 valence electrons. The molecular weight excluding hydrogens is 284 g/mol. The van der Waals surface area contributed by atoms with Crippen LogP contribution in [0, 0.1) is 12.8 Å². The Morgan fingerprint density at radius 2 is 1.89 bits per heavy atom. The summed E-state index contributed by atoms with van der Waals surface area (Å²) in [5, 5.41) is 0.364. The highest BCUT2D eigenvalue weighted by Gasteiger charge is 2.17. The van der Waals surface area contributed by atoms with Gasteiger partial charge in [0.25, 0.3) is 0 Å². The van der Waals surface area contributed by atoms with Crippen molar-refractivity contribution in [1.82, 2.24) is 4.72 Å². The Bertz CT molecular complexity index is 517. The third kappa shape index (κ3) is 4.09. The van der Waals surface area contributed by atoms with Crippen LogP contribution in [0.1, 0.15) is 32.3 Å². The van der Waals surface area contributed by atoms with Crippen LogP contribution in [0.2, 0.25) is 5.02 Å². The molecule has 0 bridgehead atoms. The lowest BCUT2D eigenvalue weighted by Gasteiger charge is -2.14. The Morgan fingerprint density at radius 3 is 2.37 bits per heavy atom. The largest absolute Gasteiger partial charge is 0.398 e. The van der Waals surface area contributed by atoms with E-state index in [1.165, 1.54) is 12.1 Å². The van der Waals surface area contributed by atoms with Gasteiger partial charge in [0.15, 0.2) is 0 Å². The summed E-state index contributed by atoms with van der Waals surface area (Å²) in [4.78, 5) is 0.117. The Hall–Kier alpha value is -0.780. The number of benzene rings is 1. The number of sulfonamides is 1. The van der Waals surface area contributed by atoms with Crippen molar-refractivity contribution in [3.8, 4) is 0 Å². The number of hydrogen-bond donors (Lipinski definition) is 2. The van der Waals surface area contributed by atoms with Crippen LogP contribution in [0.4, 0.5) is 5.69 Å². The minimum absolute atomic E-state index is 0.117. The predicted octanol–water partition coefficient (Wildman–Crippen LogP) is 2.95. The van der Waals surface area contributed by atoms with E-state index in [1.807, 2.05) is 13.8 Å². The quantitative estimate of drug-likeness (QED) is 0.794. The van der Waals surface area contributed by atoms with Crippen LogP contribution in [0.15, 0.2) is 17.0 Å². The van der Waals surface area contributed by atoms with E-state index in [-0.39, 0.29) is 4.90 Å². The van der Waals surface area contributed by atoms with Crippen molar-refractivity contribution in [2.45, 2.75) is 38.5 Å². The highest BCUT2D eigenvalue weighted by molar-refractivity contribution is 7.89. The van der Waals surface area contributed by atoms with E-state index >= 15 is 0 Å². The molecule has 0 radical (unpaired) electrons. The summed E-state index contributed by atoms with van der Waals surface area (Å²) in [6.07, 6.45) is 1.88. The van der Waals surface area contributed by atoms with Gasteiger partial charge in [-0.05, 0) is 30.5 Å². The summed E-state index contributed by atoms with van der Waals surface area (Å²) in [5.74, 6) is 0.341. The Kier molecular flexibility index (Phi) is 5.64. The van der Waals surface area contributed by atoms with E-state index < -0.39 is 10.0 Å². The third-order valence-electron chi connectivity index (χ3n) is 3.39. The first-order valence-electron chi connectivity index (χ1n) is 6.37. The first-order chi connectivity index (χ1) is 8.81. The summed E-state index contributed by atoms with van der Waals surface area (Å²) in [6, 6.07) is 2.87.